The van der Waals surface area contributed by atoms with Gasteiger partial charge in [-0.1, -0.05) is 44.2 Å². The van der Waals surface area contributed by atoms with E-state index in [2.05, 4.69) is 4.74 Å². The van der Waals surface area contributed by atoms with Gasteiger partial charge in [-0.05, 0) is 41.7 Å². The number of carbonyl (C=O) groups is 2. The highest BCUT2D eigenvalue weighted by molar-refractivity contribution is 5.86. The summed E-state index contributed by atoms with van der Waals surface area (Å²) in [5.41, 5.74) is -0.156. The molecule has 1 saturated carbocycles. The van der Waals surface area contributed by atoms with E-state index in [0.717, 1.165) is 13.2 Å². The molecule has 0 aliphatic heterocycles. The summed E-state index contributed by atoms with van der Waals surface area (Å²) in [5.74, 6) is -2.88. The van der Waals surface area contributed by atoms with E-state index in [0.29, 0.717) is 17.1 Å². The van der Waals surface area contributed by atoms with Crippen LogP contribution in [0.25, 0.3) is 0 Å². The third kappa shape index (κ3) is 4.92. The first-order chi connectivity index (χ1) is 14.8. The highest BCUT2D eigenvalue weighted by Gasteiger charge is 2.62. The van der Waals surface area contributed by atoms with Gasteiger partial charge in [0.1, 0.15) is 17.6 Å². The number of benzene rings is 2. The predicted octanol–water partition coefficient (Wildman–Crippen LogP) is 4.89. The van der Waals surface area contributed by atoms with E-state index in [-0.39, 0.29) is 0 Å². The summed E-state index contributed by atoms with van der Waals surface area (Å²) < 4.78 is 29.4. The van der Waals surface area contributed by atoms with Crippen molar-refractivity contribution in [2.75, 3.05) is 7.11 Å². The molecule has 0 bridgehead atoms. The van der Waals surface area contributed by atoms with Gasteiger partial charge in [0, 0.05) is 5.56 Å². The maximum absolute atomic E-state index is 13.9. The van der Waals surface area contributed by atoms with Crippen LogP contribution in [0, 0.1) is 28.6 Å². The lowest BCUT2D eigenvalue weighted by Crippen LogP contribution is -2.14. The third-order valence-electron chi connectivity index (χ3n) is 5.36. The van der Waals surface area contributed by atoms with Crippen molar-refractivity contribution in [3.05, 3.63) is 72.1 Å². The topological polar surface area (TPSA) is 85.6 Å². The van der Waals surface area contributed by atoms with Crippen molar-refractivity contribution >= 4 is 11.9 Å². The lowest BCUT2D eigenvalue weighted by Gasteiger charge is -2.13. The molecule has 0 radical (unpaired) electrons. The Kier molecular flexibility index (Phi) is 6.40. The molecule has 160 valence electrons. The predicted molar refractivity (Wildman–Crippen MR) is 109 cm³/mol. The normalized spacial score (nSPS) is 20.2. The van der Waals surface area contributed by atoms with Crippen LogP contribution in [0.3, 0.4) is 0 Å². The van der Waals surface area contributed by atoms with Crippen LogP contribution >= 0.6 is 0 Å². The van der Waals surface area contributed by atoms with Gasteiger partial charge in [0.05, 0.1) is 13.0 Å². The maximum Gasteiger partial charge on any atom is 0.366 e. The number of rotatable bonds is 7. The number of nitriles is 1. The van der Waals surface area contributed by atoms with E-state index < -0.39 is 41.1 Å². The number of nitrogens with zero attached hydrogens (tertiary/aromatic N) is 1. The smallest absolute Gasteiger partial charge is 0.366 e. The molecule has 1 fully saturated rings. The molecule has 0 N–H and O–H groups in total. The van der Waals surface area contributed by atoms with Crippen LogP contribution in [0.5, 0.6) is 11.5 Å². The van der Waals surface area contributed by atoms with E-state index in [1.54, 1.807) is 50.2 Å². The van der Waals surface area contributed by atoms with Gasteiger partial charge >= 0.3 is 11.9 Å². The van der Waals surface area contributed by atoms with E-state index >= 15 is 0 Å². The van der Waals surface area contributed by atoms with Gasteiger partial charge < -0.3 is 14.2 Å². The molecule has 3 atom stereocenters. The van der Waals surface area contributed by atoms with Gasteiger partial charge in [0.15, 0.2) is 0 Å². The zero-order chi connectivity index (χ0) is 22.6. The van der Waals surface area contributed by atoms with E-state index in [1.807, 2.05) is 24.3 Å². The van der Waals surface area contributed by atoms with Crippen LogP contribution in [0.15, 0.2) is 66.5 Å². The molecule has 2 aromatic carbocycles. The van der Waals surface area contributed by atoms with Crippen LogP contribution in [-0.4, -0.2) is 19.0 Å². The summed E-state index contributed by atoms with van der Waals surface area (Å²) in [6, 6.07) is 17.8. The number of methoxy groups -OCH3 is 1. The van der Waals surface area contributed by atoms with Crippen molar-refractivity contribution in [3.63, 3.8) is 0 Å². The second-order valence-corrected chi connectivity index (χ2v) is 7.76. The molecule has 31 heavy (non-hydrogen) atoms. The Balaban J connectivity index is 1.71. The highest BCUT2D eigenvalue weighted by Crippen LogP contribution is 2.60. The maximum atomic E-state index is 13.9. The molecule has 6 nitrogen and oxygen atoms in total. The number of para-hydroxylation sites is 1. The fourth-order valence-electron chi connectivity index (χ4n) is 3.49. The average Bonchev–Trinajstić information content (AvgIpc) is 3.31. The summed E-state index contributed by atoms with van der Waals surface area (Å²) >= 11 is 0. The van der Waals surface area contributed by atoms with Crippen molar-refractivity contribution in [1.29, 1.82) is 5.26 Å². The highest BCUT2D eigenvalue weighted by atomic mass is 19.1. The number of halogens is 1. The van der Waals surface area contributed by atoms with Crippen LogP contribution in [0.4, 0.5) is 4.39 Å². The molecule has 0 aromatic heterocycles. The Morgan fingerprint density at radius 3 is 2.45 bits per heavy atom. The van der Waals surface area contributed by atoms with Crippen LogP contribution in [0.2, 0.25) is 0 Å². The summed E-state index contributed by atoms with van der Waals surface area (Å²) in [7, 11) is 1.08. The monoisotopic (exact) mass is 423 g/mol. The molecule has 0 heterocycles. The standard InChI is InChI=1S/C24H22FNO5/c1-24(2)18(13-19(25)22(27)29-3)21(24)23(28)31-20(14-26)15-8-7-11-17(12-15)30-16-9-5-4-6-10-16/h4-13,18,20-21H,1-3H3/b19-13+/t18-,20-,21+/m1/s1. The molecule has 0 amide bonds. The van der Waals surface area contributed by atoms with E-state index in [9.17, 15) is 19.2 Å². The summed E-state index contributed by atoms with van der Waals surface area (Å²) in [5, 5.41) is 9.56. The van der Waals surface area contributed by atoms with Crippen LogP contribution < -0.4 is 4.74 Å². The molecule has 0 spiro atoms. The quantitative estimate of drug-likeness (QED) is 0.466. The van der Waals surface area contributed by atoms with Crippen molar-refractivity contribution in [1.82, 2.24) is 0 Å². The Labute approximate surface area is 179 Å². The molecule has 1 aliphatic carbocycles. The Morgan fingerprint density at radius 1 is 1.13 bits per heavy atom. The van der Waals surface area contributed by atoms with Crippen molar-refractivity contribution in [2.45, 2.75) is 20.0 Å². The minimum Gasteiger partial charge on any atom is -0.464 e. The molecule has 1 aliphatic rings. The largest absolute Gasteiger partial charge is 0.464 e. The molecule has 7 heteroatoms. The van der Waals surface area contributed by atoms with Gasteiger partial charge in [-0.15, -0.1) is 0 Å². The first-order valence-electron chi connectivity index (χ1n) is 9.66. The summed E-state index contributed by atoms with van der Waals surface area (Å²) in [6.45, 7) is 3.53. The molecular formula is C24H22FNO5. The minimum absolute atomic E-state index is 0.454. The van der Waals surface area contributed by atoms with Gasteiger partial charge in [-0.25, -0.2) is 4.79 Å². The van der Waals surface area contributed by atoms with Gasteiger partial charge in [0.2, 0.25) is 11.9 Å². The van der Waals surface area contributed by atoms with Gasteiger partial charge in [0.25, 0.3) is 0 Å². The number of esters is 2. The number of carbonyl (C=O) groups excluding carboxylic acids is 2. The summed E-state index contributed by atoms with van der Waals surface area (Å²) in [6.07, 6.45) is -0.0775. The minimum atomic E-state index is -1.15. The van der Waals surface area contributed by atoms with E-state index in [4.69, 9.17) is 9.47 Å². The zero-order valence-corrected chi connectivity index (χ0v) is 17.4. The SMILES string of the molecule is COC(=O)/C(F)=C\[C@@H]1[C@@H](C(=O)O[C@H](C#N)c2cccc(Oc3ccccc3)c2)C1(C)C. The third-order valence-corrected chi connectivity index (χ3v) is 5.36. The molecule has 0 unspecified atom stereocenters. The average molecular weight is 423 g/mol. The molecule has 3 rings (SSSR count). The Bertz CT molecular complexity index is 1040. The molecule has 0 saturated heterocycles. The Morgan fingerprint density at radius 2 is 1.81 bits per heavy atom. The second-order valence-electron chi connectivity index (χ2n) is 7.76. The molecule has 2 aromatic rings. The molecular weight excluding hydrogens is 401 g/mol. The van der Waals surface area contributed by atoms with Crippen molar-refractivity contribution in [2.24, 2.45) is 17.3 Å². The fourth-order valence-corrected chi connectivity index (χ4v) is 3.49. The number of hydrogen-bond acceptors (Lipinski definition) is 6. The lowest BCUT2D eigenvalue weighted by molar-refractivity contribution is -0.149. The zero-order valence-electron chi connectivity index (χ0n) is 17.4. The number of ether oxygens (including phenoxy) is 3. The first kappa shape index (κ1) is 22.0. The van der Waals surface area contributed by atoms with E-state index in [1.165, 1.54) is 0 Å². The van der Waals surface area contributed by atoms with Gasteiger partial charge in [-0.3, -0.25) is 4.79 Å². The fraction of sp³-hybridized carbons (Fsp3) is 0.292. The second kappa shape index (κ2) is 9.00. The van der Waals surface area contributed by atoms with Crippen molar-refractivity contribution in [3.8, 4) is 17.6 Å². The van der Waals surface area contributed by atoms with Gasteiger partial charge in [-0.2, -0.15) is 9.65 Å². The number of allylic oxidation sites excluding steroid dienone is 1. The van der Waals surface area contributed by atoms with Crippen molar-refractivity contribution < 1.29 is 28.2 Å². The number of hydrogen-bond donors (Lipinski definition) is 0. The van der Waals surface area contributed by atoms with Crippen LogP contribution in [-0.2, 0) is 19.1 Å². The first-order valence-corrected chi connectivity index (χ1v) is 9.66. The Hall–Kier alpha value is -3.66. The summed E-state index contributed by atoms with van der Waals surface area (Å²) in [4.78, 5) is 24.0. The lowest BCUT2D eigenvalue weighted by atomic mass is 10.1. The van der Waals surface area contributed by atoms with Crippen LogP contribution in [0.1, 0.15) is 25.5 Å².